The second-order valence-electron chi connectivity index (χ2n) is 3.69. The molecule has 19 heavy (non-hydrogen) atoms. The molecule has 1 amide bonds. The highest BCUT2D eigenvalue weighted by Crippen LogP contribution is 2.18. The molecule has 0 aliphatic heterocycles. The van der Waals surface area contributed by atoms with E-state index in [9.17, 15) is 9.59 Å². The van der Waals surface area contributed by atoms with Gasteiger partial charge < -0.3 is 4.74 Å². The zero-order chi connectivity index (χ0) is 13.7. The highest BCUT2D eigenvalue weighted by molar-refractivity contribution is 5.93. The van der Waals surface area contributed by atoms with Crippen LogP contribution >= 0.6 is 0 Å². The first-order chi connectivity index (χ1) is 9.24. The number of anilines is 1. The van der Waals surface area contributed by atoms with E-state index in [0.29, 0.717) is 17.5 Å². The van der Waals surface area contributed by atoms with E-state index in [2.05, 4.69) is 10.4 Å². The van der Waals surface area contributed by atoms with Gasteiger partial charge in [0.25, 0.3) is 0 Å². The monoisotopic (exact) mass is 259 g/mol. The Hall–Kier alpha value is -2.63. The lowest BCUT2D eigenvalue weighted by Gasteiger charge is -2.09. The van der Waals surface area contributed by atoms with Gasteiger partial charge in [-0.2, -0.15) is 5.10 Å². The molecule has 0 unspecified atom stereocenters. The number of carbonyl (C=O) groups excluding carboxylic acids is 2. The molecular weight excluding hydrogens is 246 g/mol. The first-order valence-corrected chi connectivity index (χ1v) is 5.77. The van der Waals surface area contributed by atoms with Crippen molar-refractivity contribution in [2.45, 2.75) is 6.92 Å². The molecule has 0 saturated heterocycles. The lowest BCUT2D eigenvalue weighted by atomic mass is 10.1. The van der Waals surface area contributed by atoms with Crippen LogP contribution in [0.5, 0.6) is 0 Å². The number of hydrogen-bond acceptors (Lipinski definition) is 4. The molecule has 1 N–H and O–H groups in total. The molecule has 0 fully saturated rings. The lowest BCUT2D eigenvalue weighted by Crippen LogP contribution is -2.14. The van der Waals surface area contributed by atoms with Gasteiger partial charge >= 0.3 is 6.09 Å². The Morgan fingerprint density at radius 3 is 3.00 bits per heavy atom. The van der Waals surface area contributed by atoms with Crippen molar-refractivity contribution in [3.63, 3.8) is 0 Å². The number of ether oxygens (including phenoxy) is 1. The summed E-state index contributed by atoms with van der Waals surface area (Å²) in [6.45, 7) is 1.98. The molecule has 98 valence electrons. The zero-order valence-electron chi connectivity index (χ0n) is 10.4. The Morgan fingerprint density at radius 2 is 2.37 bits per heavy atom. The van der Waals surface area contributed by atoms with Crippen molar-refractivity contribution in [1.82, 2.24) is 9.78 Å². The summed E-state index contributed by atoms with van der Waals surface area (Å²) in [7, 11) is 0. The quantitative estimate of drug-likeness (QED) is 0.855. The van der Waals surface area contributed by atoms with Crippen LogP contribution in [0.25, 0.3) is 5.69 Å². The number of nitrogens with one attached hydrogen (secondary N) is 1. The minimum atomic E-state index is -0.586. The van der Waals surface area contributed by atoms with Crippen molar-refractivity contribution in [1.29, 1.82) is 0 Å². The van der Waals surface area contributed by atoms with Gasteiger partial charge in [-0.15, -0.1) is 0 Å². The van der Waals surface area contributed by atoms with Gasteiger partial charge in [-0.25, -0.2) is 9.48 Å². The van der Waals surface area contributed by atoms with Gasteiger partial charge in [0.15, 0.2) is 6.29 Å². The fraction of sp³-hybridized carbons (Fsp3) is 0.154. The summed E-state index contributed by atoms with van der Waals surface area (Å²) < 4.78 is 6.39. The molecule has 0 atom stereocenters. The molecule has 0 spiro atoms. The first-order valence-electron chi connectivity index (χ1n) is 5.77. The van der Waals surface area contributed by atoms with Crippen molar-refractivity contribution >= 4 is 18.1 Å². The summed E-state index contributed by atoms with van der Waals surface area (Å²) in [6, 6.07) is 6.81. The summed E-state index contributed by atoms with van der Waals surface area (Å²) >= 11 is 0. The van der Waals surface area contributed by atoms with Crippen molar-refractivity contribution in [2.24, 2.45) is 0 Å². The molecule has 1 aromatic carbocycles. The summed E-state index contributed by atoms with van der Waals surface area (Å²) in [5, 5.41) is 6.58. The van der Waals surface area contributed by atoms with Crippen molar-refractivity contribution in [2.75, 3.05) is 11.9 Å². The molecule has 6 nitrogen and oxygen atoms in total. The van der Waals surface area contributed by atoms with Crippen LogP contribution in [0.2, 0.25) is 0 Å². The summed E-state index contributed by atoms with van der Waals surface area (Å²) in [4.78, 5) is 22.4. The topological polar surface area (TPSA) is 73.2 Å². The van der Waals surface area contributed by atoms with E-state index >= 15 is 0 Å². The zero-order valence-corrected chi connectivity index (χ0v) is 10.4. The lowest BCUT2D eigenvalue weighted by molar-refractivity contribution is 0.112. The molecule has 1 heterocycles. The van der Waals surface area contributed by atoms with E-state index in [4.69, 9.17) is 4.74 Å². The van der Waals surface area contributed by atoms with Gasteiger partial charge in [0, 0.05) is 18.0 Å². The predicted molar refractivity (Wildman–Crippen MR) is 69.6 cm³/mol. The minimum absolute atomic E-state index is 0.271. The van der Waals surface area contributed by atoms with E-state index in [1.165, 1.54) is 0 Å². The number of aromatic nitrogens is 2. The third-order valence-electron chi connectivity index (χ3n) is 2.44. The number of rotatable bonds is 4. The molecule has 0 bridgehead atoms. The van der Waals surface area contributed by atoms with Crippen LogP contribution in [0, 0.1) is 0 Å². The van der Waals surface area contributed by atoms with Crippen LogP contribution in [0.4, 0.5) is 10.5 Å². The number of benzene rings is 1. The van der Waals surface area contributed by atoms with Crippen LogP contribution in [0.1, 0.15) is 17.3 Å². The van der Waals surface area contributed by atoms with Crippen molar-refractivity contribution in [3.8, 4) is 5.69 Å². The molecule has 2 rings (SSSR count). The Balaban J connectivity index is 2.26. The molecule has 0 aliphatic carbocycles. The Bertz CT molecular complexity index is 579. The predicted octanol–water partition coefficient (Wildman–Crippen LogP) is 2.25. The first kappa shape index (κ1) is 12.8. The summed E-state index contributed by atoms with van der Waals surface area (Å²) in [6.07, 6.45) is 3.50. The molecule has 0 radical (unpaired) electrons. The standard InChI is InChI=1S/C13H13N3O3/c1-2-19-13(18)15-12-5-4-11(8-10(12)9-17)16-7-3-6-14-16/h3-9H,2H2,1H3,(H,15,18). The maximum atomic E-state index is 11.3. The molecule has 0 aliphatic rings. The highest BCUT2D eigenvalue weighted by Gasteiger charge is 2.08. The number of aldehydes is 1. The Kier molecular flexibility index (Phi) is 3.92. The maximum Gasteiger partial charge on any atom is 0.411 e. The Morgan fingerprint density at radius 1 is 1.53 bits per heavy atom. The molecule has 2 aromatic rings. The van der Waals surface area contributed by atoms with Gasteiger partial charge in [0.1, 0.15) is 0 Å². The second-order valence-corrected chi connectivity index (χ2v) is 3.69. The van der Waals surface area contributed by atoms with Gasteiger partial charge in [-0.3, -0.25) is 10.1 Å². The fourth-order valence-electron chi connectivity index (χ4n) is 1.60. The van der Waals surface area contributed by atoms with Crippen LogP contribution in [-0.4, -0.2) is 28.8 Å². The third-order valence-corrected chi connectivity index (χ3v) is 2.44. The number of nitrogens with zero attached hydrogens (tertiary/aromatic N) is 2. The van der Waals surface area contributed by atoms with Gasteiger partial charge in [-0.1, -0.05) is 0 Å². The van der Waals surface area contributed by atoms with Gasteiger partial charge in [0.2, 0.25) is 0 Å². The maximum absolute atomic E-state index is 11.3. The Labute approximate surface area is 110 Å². The van der Waals surface area contributed by atoms with Crippen LogP contribution in [0.15, 0.2) is 36.7 Å². The average molecular weight is 259 g/mol. The van der Waals surface area contributed by atoms with E-state index in [0.717, 1.165) is 5.69 Å². The largest absolute Gasteiger partial charge is 0.450 e. The minimum Gasteiger partial charge on any atom is -0.450 e. The molecular formula is C13H13N3O3. The van der Waals surface area contributed by atoms with Crippen LogP contribution < -0.4 is 5.32 Å². The number of amides is 1. The van der Waals surface area contributed by atoms with E-state index < -0.39 is 6.09 Å². The highest BCUT2D eigenvalue weighted by atomic mass is 16.5. The van der Waals surface area contributed by atoms with E-state index in [1.54, 1.807) is 48.3 Å². The normalized spacial score (nSPS) is 9.95. The smallest absolute Gasteiger partial charge is 0.411 e. The van der Waals surface area contributed by atoms with Crippen LogP contribution in [0.3, 0.4) is 0 Å². The van der Waals surface area contributed by atoms with Crippen LogP contribution in [-0.2, 0) is 4.74 Å². The van der Waals surface area contributed by atoms with E-state index in [-0.39, 0.29) is 6.61 Å². The van der Waals surface area contributed by atoms with Crippen molar-refractivity contribution < 1.29 is 14.3 Å². The molecule has 0 saturated carbocycles. The van der Waals surface area contributed by atoms with E-state index in [1.807, 2.05) is 0 Å². The van der Waals surface area contributed by atoms with Gasteiger partial charge in [0.05, 0.1) is 18.0 Å². The number of hydrogen-bond donors (Lipinski definition) is 1. The molecule has 6 heteroatoms. The average Bonchev–Trinajstić information content (AvgIpc) is 2.93. The fourth-order valence-corrected chi connectivity index (χ4v) is 1.60. The van der Waals surface area contributed by atoms with Gasteiger partial charge in [-0.05, 0) is 31.2 Å². The third kappa shape index (κ3) is 2.98. The second kappa shape index (κ2) is 5.81. The number of carbonyl (C=O) groups is 2. The van der Waals surface area contributed by atoms with Crippen molar-refractivity contribution in [3.05, 3.63) is 42.2 Å². The molecule has 1 aromatic heterocycles. The SMILES string of the molecule is CCOC(=O)Nc1ccc(-n2cccn2)cc1C=O. The summed E-state index contributed by atoms with van der Waals surface area (Å²) in [5.74, 6) is 0. The summed E-state index contributed by atoms with van der Waals surface area (Å²) in [5.41, 5.74) is 1.51.